The van der Waals surface area contributed by atoms with Crippen LogP contribution in [0.5, 0.6) is 23.3 Å². The average Bonchev–Trinajstić information content (AvgIpc) is 3.71. The summed E-state index contributed by atoms with van der Waals surface area (Å²) in [4.78, 5) is 33.1. The number of carbonyl (C=O) groups is 2. The average molecular weight is 783 g/mol. The number of hydrogen-bond donors (Lipinski definition) is 2. The van der Waals surface area contributed by atoms with Gasteiger partial charge in [-0.05, 0) is 30.3 Å². The molecule has 4 heterocycles. The summed E-state index contributed by atoms with van der Waals surface area (Å²) < 4.78 is 78.6. The number of rotatable bonds is 10. The van der Waals surface area contributed by atoms with Gasteiger partial charge in [0.1, 0.15) is 46.1 Å². The first-order chi connectivity index (χ1) is 26.3. The Kier molecular flexibility index (Phi) is 12.2. The number of ether oxygens (including phenoxy) is 4. The minimum atomic E-state index is -0.915. The molecule has 2 aromatic carbocycles. The number of nitrogens with one attached hydrogen (secondary N) is 2. The van der Waals surface area contributed by atoms with Gasteiger partial charge in [-0.1, -0.05) is 23.7 Å². The second-order valence-corrected chi connectivity index (χ2v) is 11.5. The van der Waals surface area contributed by atoms with E-state index in [2.05, 4.69) is 30.8 Å². The van der Waals surface area contributed by atoms with Crippen LogP contribution in [0.4, 0.5) is 28.9 Å². The zero-order chi connectivity index (χ0) is 40.0. The fraction of sp³-hybridized carbons (Fsp3) is 0.167. The SMILES string of the molecule is COc1cc(OC)c(-c2c(Cl)c(C(=O)Nc3c(F)cccc3F)nn2C)cn1.COc1cc(OC)c(-c2cc(C(=O)Nc3c(F)cccc3F)nn2C)cn1. The van der Waals surface area contributed by atoms with Gasteiger partial charge in [0.25, 0.3) is 11.8 Å². The van der Waals surface area contributed by atoms with E-state index in [0.717, 1.165) is 24.3 Å². The molecule has 0 aliphatic rings. The van der Waals surface area contributed by atoms with E-state index in [9.17, 15) is 27.2 Å². The van der Waals surface area contributed by atoms with Crippen LogP contribution in [0.1, 0.15) is 21.0 Å². The van der Waals surface area contributed by atoms with E-state index in [0.29, 0.717) is 45.8 Å². The Morgan fingerprint density at radius 1 is 0.655 bits per heavy atom. The van der Waals surface area contributed by atoms with E-state index in [1.807, 2.05) is 0 Å². The van der Waals surface area contributed by atoms with Crippen LogP contribution in [0.3, 0.4) is 0 Å². The van der Waals surface area contributed by atoms with Gasteiger partial charge in [-0.15, -0.1) is 0 Å². The zero-order valence-corrected chi connectivity index (χ0v) is 30.6. The summed E-state index contributed by atoms with van der Waals surface area (Å²) in [5.41, 5.74) is 0.559. The molecule has 2 amide bonds. The van der Waals surface area contributed by atoms with E-state index in [-0.39, 0.29) is 16.4 Å². The number of carbonyl (C=O) groups excluding carboxylic acids is 2. The molecule has 55 heavy (non-hydrogen) atoms. The molecular weight excluding hydrogens is 752 g/mol. The summed E-state index contributed by atoms with van der Waals surface area (Å²) in [7, 11) is 9.07. The summed E-state index contributed by atoms with van der Waals surface area (Å²) in [6, 6.07) is 11.2. The van der Waals surface area contributed by atoms with Crippen LogP contribution < -0.4 is 29.6 Å². The van der Waals surface area contributed by atoms with Gasteiger partial charge in [-0.25, -0.2) is 27.5 Å². The predicted octanol–water partition coefficient (Wildman–Crippen LogP) is 6.71. The van der Waals surface area contributed by atoms with Crippen LogP contribution in [0.25, 0.3) is 22.5 Å². The quantitative estimate of drug-likeness (QED) is 0.143. The van der Waals surface area contributed by atoms with Gasteiger partial charge >= 0.3 is 0 Å². The lowest BCUT2D eigenvalue weighted by Gasteiger charge is -2.10. The van der Waals surface area contributed by atoms with E-state index in [1.165, 1.54) is 68.4 Å². The third-order valence-electron chi connectivity index (χ3n) is 7.79. The molecule has 286 valence electrons. The van der Waals surface area contributed by atoms with E-state index < -0.39 is 46.5 Å². The lowest BCUT2D eigenvalue weighted by Crippen LogP contribution is -2.15. The number of aromatic nitrogens is 6. The zero-order valence-electron chi connectivity index (χ0n) is 29.9. The fourth-order valence-electron chi connectivity index (χ4n) is 5.12. The van der Waals surface area contributed by atoms with Crippen LogP contribution in [0, 0.1) is 23.3 Å². The standard InChI is InChI=1S/C18H15ClF2N4O3.C18H16F2N4O3/c1-25-17(9-8-22-13(28-3)7-12(9)27-2)14(19)16(24-25)18(26)23-15-10(20)5-4-6-11(15)21;1-24-14(10-9-21-16(27-3)8-15(10)26-2)7-13(23-24)18(25)22-17-11(19)5-4-6-12(17)20/h4-8H,1-3H3,(H,23,26);4-9H,1-3H3,(H,22,25). The highest BCUT2D eigenvalue weighted by atomic mass is 35.5. The predicted molar refractivity (Wildman–Crippen MR) is 193 cm³/mol. The number of pyridine rings is 2. The Morgan fingerprint density at radius 2 is 1.13 bits per heavy atom. The Hall–Kier alpha value is -6.69. The highest BCUT2D eigenvalue weighted by Gasteiger charge is 2.26. The van der Waals surface area contributed by atoms with Crippen molar-refractivity contribution in [3.05, 3.63) is 107 Å². The number of hydrogen-bond acceptors (Lipinski definition) is 10. The number of halogens is 5. The summed E-state index contributed by atoms with van der Waals surface area (Å²) in [5.74, 6) is -3.64. The van der Waals surface area contributed by atoms with Crippen molar-refractivity contribution in [2.75, 3.05) is 39.1 Å². The molecule has 0 saturated carbocycles. The maximum absolute atomic E-state index is 13.8. The first-order valence-electron chi connectivity index (χ1n) is 15.8. The molecule has 0 radical (unpaired) electrons. The van der Waals surface area contributed by atoms with Crippen LogP contribution in [0.15, 0.2) is 67.0 Å². The summed E-state index contributed by atoms with van der Waals surface area (Å²) in [5, 5.41) is 12.5. The molecule has 0 aliphatic carbocycles. The van der Waals surface area contributed by atoms with Crippen LogP contribution in [-0.2, 0) is 14.1 Å². The molecule has 0 atom stereocenters. The van der Waals surface area contributed by atoms with Crippen molar-refractivity contribution >= 4 is 34.8 Å². The molecule has 0 aliphatic heterocycles. The van der Waals surface area contributed by atoms with Gasteiger partial charge in [0, 0.05) is 38.6 Å². The highest BCUT2D eigenvalue weighted by molar-refractivity contribution is 6.36. The maximum Gasteiger partial charge on any atom is 0.277 e. The monoisotopic (exact) mass is 782 g/mol. The number of amides is 2. The van der Waals surface area contributed by atoms with Crippen molar-refractivity contribution < 1.29 is 46.1 Å². The van der Waals surface area contributed by atoms with E-state index >= 15 is 0 Å². The molecule has 19 heteroatoms. The van der Waals surface area contributed by atoms with Crippen LogP contribution >= 0.6 is 11.6 Å². The van der Waals surface area contributed by atoms with Crippen molar-refractivity contribution in [2.45, 2.75) is 0 Å². The number of para-hydroxylation sites is 2. The first-order valence-corrected chi connectivity index (χ1v) is 16.1. The van der Waals surface area contributed by atoms with Gasteiger partial charge in [0.05, 0.1) is 56.0 Å². The number of aryl methyl sites for hydroxylation is 2. The molecule has 14 nitrogen and oxygen atoms in total. The lowest BCUT2D eigenvalue weighted by molar-refractivity contribution is 0.101. The fourth-order valence-corrected chi connectivity index (χ4v) is 5.47. The topological polar surface area (TPSA) is 157 Å². The molecular formula is C36H31ClF4N8O6. The molecule has 0 fully saturated rings. The van der Waals surface area contributed by atoms with Gasteiger partial charge in [0.2, 0.25) is 11.8 Å². The van der Waals surface area contributed by atoms with Gasteiger partial charge in [0.15, 0.2) is 11.4 Å². The highest BCUT2D eigenvalue weighted by Crippen LogP contribution is 2.38. The number of benzene rings is 2. The van der Waals surface area contributed by atoms with Crippen molar-refractivity contribution in [3.8, 4) is 45.8 Å². The Balaban J connectivity index is 0.000000211. The third-order valence-corrected chi connectivity index (χ3v) is 8.15. The Labute approximate surface area is 315 Å². The molecule has 0 saturated heterocycles. The van der Waals surface area contributed by atoms with Crippen molar-refractivity contribution in [3.63, 3.8) is 0 Å². The molecule has 6 rings (SSSR count). The second-order valence-electron chi connectivity index (χ2n) is 11.1. The Bertz CT molecular complexity index is 2350. The smallest absolute Gasteiger partial charge is 0.277 e. The van der Waals surface area contributed by atoms with E-state index in [4.69, 9.17) is 30.5 Å². The molecule has 0 unspecified atom stereocenters. The minimum absolute atomic E-state index is 0.0203. The minimum Gasteiger partial charge on any atom is -0.496 e. The summed E-state index contributed by atoms with van der Waals surface area (Å²) in [6.07, 6.45) is 2.98. The van der Waals surface area contributed by atoms with Crippen molar-refractivity contribution in [1.82, 2.24) is 29.5 Å². The maximum atomic E-state index is 13.8. The van der Waals surface area contributed by atoms with Crippen molar-refractivity contribution in [1.29, 1.82) is 0 Å². The van der Waals surface area contributed by atoms with Gasteiger partial charge in [-0.2, -0.15) is 10.2 Å². The van der Waals surface area contributed by atoms with Gasteiger partial charge in [-0.3, -0.25) is 19.0 Å². The molecule has 2 N–H and O–H groups in total. The molecule has 0 bridgehead atoms. The summed E-state index contributed by atoms with van der Waals surface area (Å²) >= 11 is 6.36. The second kappa shape index (κ2) is 17.0. The van der Waals surface area contributed by atoms with Crippen LogP contribution in [-0.4, -0.2) is 69.8 Å². The largest absolute Gasteiger partial charge is 0.496 e. The van der Waals surface area contributed by atoms with Gasteiger partial charge < -0.3 is 29.6 Å². The molecule has 4 aromatic heterocycles. The molecule has 0 spiro atoms. The van der Waals surface area contributed by atoms with E-state index in [1.54, 1.807) is 26.2 Å². The third kappa shape index (κ3) is 8.43. The first kappa shape index (κ1) is 39.5. The normalized spacial score (nSPS) is 10.6. The molecule has 6 aromatic rings. The Morgan fingerprint density at radius 3 is 1.62 bits per heavy atom. The lowest BCUT2D eigenvalue weighted by atomic mass is 10.1. The number of methoxy groups -OCH3 is 4. The summed E-state index contributed by atoms with van der Waals surface area (Å²) in [6.45, 7) is 0. The number of anilines is 2. The van der Waals surface area contributed by atoms with Crippen LogP contribution in [0.2, 0.25) is 5.02 Å². The number of nitrogens with zero attached hydrogens (tertiary/aromatic N) is 6. The van der Waals surface area contributed by atoms with Crippen molar-refractivity contribution in [2.24, 2.45) is 14.1 Å².